The highest BCUT2D eigenvalue weighted by Gasteiger charge is 2.16. The summed E-state index contributed by atoms with van der Waals surface area (Å²) in [4.78, 5) is 8.91. The van der Waals surface area contributed by atoms with E-state index in [1.807, 2.05) is 0 Å². The van der Waals surface area contributed by atoms with E-state index < -0.39 is 32.9 Å². The van der Waals surface area contributed by atoms with Crippen molar-refractivity contribution in [3.05, 3.63) is 60.7 Å². The summed E-state index contributed by atoms with van der Waals surface area (Å²) in [6, 6.07) is 11.0. The molecule has 0 unspecified atom stereocenters. The van der Waals surface area contributed by atoms with Gasteiger partial charge in [-0.25, -0.2) is 0 Å². The van der Waals surface area contributed by atoms with Crippen LogP contribution in [0.4, 0.5) is 37.5 Å². The minimum atomic E-state index is -4.59. The molecule has 3 aromatic carbocycles. The van der Waals surface area contributed by atoms with Crippen LogP contribution in [-0.4, -0.2) is 33.0 Å². The Bertz CT molecular complexity index is 1490. The molecule has 11 nitrogen and oxygen atoms in total. The summed E-state index contributed by atoms with van der Waals surface area (Å²) in [5, 5.41) is 21.3. The van der Waals surface area contributed by atoms with Gasteiger partial charge in [-0.05, 0) is 42.5 Å². The number of anilines is 3. The van der Waals surface area contributed by atoms with Crippen molar-refractivity contribution in [2.45, 2.75) is 4.90 Å². The van der Waals surface area contributed by atoms with E-state index in [1.165, 1.54) is 36.4 Å². The summed E-state index contributed by atoms with van der Waals surface area (Å²) in [6.45, 7) is 0. The number of nitrogens with one attached hydrogen (secondary N) is 1. The number of nitrogen functional groups attached to an aromatic ring is 1. The van der Waals surface area contributed by atoms with Gasteiger partial charge in [0.2, 0.25) is 5.95 Å². The molecule has 5 N–H and O–H groups in total. The van der Waals surface area contributed by atoms with Crippen LogP contribution < -0.4 is 11.1 Å². The standard InChI is InChI=1S/C19H13F2N7O4S/c20-17-24-18(21)26-19(25-17)23-9-1-3-10(4-2-9)27-28-16-13-7-11(33(30,31)32)8-15(29)12(13)5-6-14(16)22/h1-8,29H,22H2,(H,30,31,32)(H,23,24,25,26). The predicted octanol–water partition coefficient (Wildman–Crippen LogP) is 4.00. The molecular weight excluding hydrogens is 460 g/mol. The van der Waals surface area contributed by atoms with E-state index in [2.05, 4.69) is 30.5 Å². The number of nitrogens with zero attached hydrogens (tertiary/aromatic N) is 5. The summed E-state index contributed by atoms with van der Waals surface area (Å²) < 4.78 is 58.5. The first kappa shape index (κ1) is 21.9. The monoisotopic (exact) mass is 473 g/mol. The molecule has 1 aromatic heterocycles. The van der Waals surface area contributed by atoms with E-state index in [0.29, 0.717) is 11.4 Å². The van der Waals surface area contributed by atoms with Crippen molar-refractivity contribution < 1.29 is 26.9 Å². The molecule has 0 spiro atoms. The number of fused-ring (bicyclic) bond motifs is 1. The second-order valence-corrected chi connectivity index (χ2v) is 8.01. The zero-order valence-corrected chi connectivity index (χ0v) is 17.1. The zero-order chi connectivity index (χ0) is 23.8. The molecule has 0 aliphatic rings. The highest BCUT2D eigenvalue weighted by molar-refractivity contribution is 7.85. The maximum absolute atomic E-state index is 13.1. The molecule has 0 amide bonds. The smallest absolute Gasteiger partial charge is 0.315 e. The number of hydrogen-bond donors (Lipinski definition) is 4. The van der Waals surface area contributed by atoms with Crippen LogP contribution in [0.1, 0.15) is 0 Å². The summed E-state index contributed by atoms with van der Waals surface area (Å²) in [5.74, 6) is -0.717. The van der Waals surface area contributed by atoms with Gasteiger partial charge >= 0.3 is 12.2 Å². The van der Waals surface area contributed by atoms with Crippen molar-refractivity contribution in [1.29, 1.82) is 0 Å². The quantitative estimate of drug-likeness (QED) is 0.189. The Labute approximate surface area is 184 Å². The zero-order valence-electron chi connectivity index (χ0n) is 16.3. The number of hydrogen-bond acceptors (Lipinski definition) is 10. The lowest BCUT2D eigenvalue weighted by Crippen LogP contribution is -2.03. The van der Waals surface area contributed by atoms with E-state index in [4.69, 9.17) is 5.73 Å². The van der Waals surface area contributed by atoms with Crippen molar-refractivity contribution in [3.63, 3.8) is 0 Å². The molecule has 0 aliphatic heterocycles. The van der Waals surface area contributed by atoms with Gasteiger partial charge in [-0.3, -0.25) is 4.55 Å². The summed E-state index contributed by atoms with van der Waals surface area (Å²) >= 11 is 0. The fraction of sp³-hybridized carbons (Fsp3) is 0. The van der Waals surface area contributed by atoms with Gasteiger partial charge in [-0.2, -0.15) is 37.3 Å². The molecule has 33 heavy (non-hydrogen) atoms. The Morgan fingerprint density at radius 1 is 0.909 bits per heavy atom. The van der Waals surface area contributed by atoms with Gasteiger partial charge in [-0.15, -0.1) is 5.11 Å². The van der Waals surface area contributed by atoms with Gasteiger partial charge in [0.1, 0.15) is 11.4 Å². The fourth-order valence-corrected chi connectivity index (χ4v) is 3.41. The maximum Gasteiger partial charge on any atom is 0.315 e. The summed E-state index contributed by atoms with van der Waals surface area (Å²) in [7, 11) is -4.59. The first-order valence-electron chi connectivity index (χ1n) is 8.99. The number of phenolic OH excluding ortho intramolecular Hbond substituents is 1. The Balaban J connectivity index is 1.65. The van der Waals surface area contributed by atoms with Crippen LogP contribution in [0.25, 0.3) is 10.8 Å². The van der Waals surface area contributed by atoms with Crippen LogP contribution >= 0.6 is 0 Å². The van der Waals surface area contributed by atoms with E-state index >= 15 is 0 Å². The maximum atomic E-state index is 13.1. The van der Waals surface area contributed by atoms with E-state index in [0.717, 1.165) is 12.1 Å². The second kappa shape index (κ2) is 8.33. The third-order valence-corrected chi connectivity index (χ3v) is 5.19. The molecule has 14 heteroatoms. The molecule has 168 valence electrons. The number of benzene rings is 3. The van der Waals surface area contributed by atoms with Crippen LogP contribution in [0.3, 0.4) is 0 Å². The van der Waals surface area contributed by atoms with Gasteiger partial charge in [0.15, 0.2) is 0 Å². The minimum Gasteiger partial charge on any atom is -0.507 e. The first-order chi connectivity index (χ1) is 15.6. The van der Waals surface area contributed by atoms with E-state index in [-0.39, 0.29) is 28.1 Å². The SMILES string of the molecule is Nc1ccc2c(O)cc(S(=O)(=O)O)cc2c1N=Nc1ccc(Nc2nc(F)nc(F)n2)cc1. The van der Waals surface area contributed by atoms with Crippen molar-refractivity contribution in [2.75, 3.05) is 11.1 Å². The number of rotatable bonds is 5. The molecule has 0 atom stereocenters. The third-order valence-electron chi connectivity index (χ3n) is 4.36. The average Bonchev–Trinajstić information content (AvgIpc) is 2.72. The van der Waals surface area contributed by atoms with Gasteiger partial charge in [-0.1, -0.05) is 0 Å². The molecule has 0 fully saturated rings. The number of halogens is 2. The molecule has 0 bridgehead atoms. The topological polar surface area (TPSA) is 176 Å². The molecule has 4 rings (SSSR count). The molecule has 0 saturated heterocycles. The lowest BCUT2D eigenvalue weighted by molar-refractivity contribution is 0.458. The number of aromatic nitrogens is 3. The van der Waals surface area contributed by atoms with Crippen LogP contribution in [0.15, 0.2) is 63.7 Å². The van der Waals surface area contributed by atoms with E-state index in [9.17, 15) is 26.9 Å². The number of azo groups is 1. The number of aromatic hydroxyl groups is 1. The van der Waals surface area contributed by atoms with Crippen LogP contribution in [0.2, 0.25) is 0 Å². The highest BCUT2D eigenvalue weighted by atomic mass is 32.2. The second-order valence-electron chi connectivity index (χ2n) is 6.58. The fourth-order valence-electron chi connectivity index (χ4n) is 2.88. The van der Waals surface area contributed by atoms with Crippen molar-refractivity contribution in [2.24, 2.45) is 10.2 Å². The molecular formula is C19H13F2N7O4S. The largest absolute Gasteiger partial charge is 0.507 e. The Morgan fingerprint density at radius 2 is 1.58 bits per heavy atom. The van der Waals surface area contributed by atoms with Gasteiger partial charge in [0.05, 0.1) is 16.3 Å². The number of phenols is 1. The first-order valence-corrected chi connectivity index (χ1v) is 10.4. The predicted molar refractivity (Wildman–Crippen MR) is 113 cm³/mol. The Morgan fingerprint density at radius 3 is 2.21 bits per heavy atom. The van der Waals surface area contributed by atoms with Crippen LogP contribution in [0.5, 0.6) is 5.75 Å². The lowest BCUT2D eigenvalue weighted by atomic mass is 10.1. The summed E-state index contributed by atoms with van der Waals surface area (Å²) in [5.41, 5.74) is 6.92. The minimum absolute atomic E-state index is 0.0756. The Hall–Kier alpha value is -4.30. The van der Waals surface area contributed by atoms with Crippen LogP contribution in [0, 0.1) is 12.2 Å². The van der Waals surface area contributed by atoms with Crippen molar-refractivity contribution >= 4 is 49.6 Å². The van der Waals surface area contributed by atoms with Gasteiger partial charge in [0, 0.05) is 22.5 Å². The Kier molecular flexibility index (Phi) is 5.53. The molecule has 0 radical (unpaired) electrons. The molecule has 0 aliphatic carbocycles. The molecule has 0 saturated carbocycles. The lowest BCUT2D eigenvalue weighted by Gasteiger charge is -2.08. The highest BCUT2D eigenvalue weighted by Crippen LogP contribution is 2.39. The van der Waals surface area contributed by atoms with Crippen molar-refractivity contribution in [1.82, 2.24) is 15.0 Å². The molecule has 4 aromatic rings. The van der Waals surface area contributed by atoms with E-state index in [1.54, 1.807) is 0 Å². The van der Waals surface area contributed by atoms with Gasteiger partial charge in [0.25, 0.3) is 10.1 Å². The van der Waals surface area contributed by atoms with Gasteiger partial charge < -0.3 is 16.2 Å². The molecule has 1 heterocycles. The third kappa shape index (κ3) is 4.81. The summed E-state index contributed by atoms with van der Waals surface area (Å²) in [6.07, 6.45) is -2.54. The van der Waals surface area contributed by atoms with Crippen molar-refractivity contribution in [3.8, 4) is 5.75 Å². The van der Waals surface area contributed by atoms with Crippen LogP contribution in [-0.2, 0) is 10.1 Å². The average molecular weight is 473 g/mol. The number of nitrogens with two attached hydrogens (primary N) is 1. The normalized spacial score (nSPS) is 11.8.